The molecule has 1 amide bonds. The first-order valence-corrected chi connectivity index (χ1v) is 3.64. The van der Waals surface area contributed by atoms with Crippen LogP contribution in [-0.2, 0) is 14.4 Å². The Bertz CT molecular complexity index is 225. The number of rotatable bonds is 5. The maximum atomic E-state index is 10.7. The van der Waals surface area contributed by atoms with E-state index in [4.69, 9.17) is 10.2 Å². The monoisotopic (exact) mass is 189 g/mol. The van der Waals surface area contributed by atoms with Crippen LogP contribution in [0.3, 0.4) is 0 Å². The molecule has 0 fully saturated rings. The zero-order chi connectivity index (χ0) is 10.4. The van der Waals surface area contributed by atoms with E-state index in [9.17, 15) is 14.4 Å². The lowest BCUT2D eigenvalue weighted by atomic mass is 10.2. The van der Waals surface area contributed by atoms with Crippen molar-refractivity contribution in [2.45, 2.75) is 19.4 Å². The number of carbonyl (C=O) groups is 3. The topological polar surface area (TPSA) is 104 Å². The Morgan fingerprint density at radius 1 is 1.38 bits per heavy atom. The summed E-state index contributed by atoms with van der Waals surface area (Å²) in [6.45, 7) is 0.669. The molecule has 0 heterocycles. The standard InChI is InChI=1S/C7H11NO5/c1-4(10)6(11)8-5(2-3-9)7(12)13/h5,9H,2-3H2,1H3,(H,8,11)(H,12,13)/t5-/m0/s1. The molecule has 0 saturated heterocycles. The molecule has 0 radical (unpaired) electrons. The maximum Gasteiger partial charge on any atom is 0.326 e. The van der Waals surface area contributed by atoms with Gasteiger partial charge in [0.15, 0.2) is 0 Å². The summed E-state index contributed by atoms with van der Waals surface area (Å²) in [4.78, 5) is 31.6. The van der Waals surface area contributed by atoms with Crippen LogP contribution in [-0.4, -0.2) is 40.5 Å². The van der Waals surface area contributed by atoms with Crippen molar-refractivity contribution in [3.05, 3.63) is 0 Å². The van der Waals surface area contributed by atoms with Crippen LogP contribution in [0, 0.1) is 0 Å². The van der Waals surface area contributed by atoms with Crippen LogP contribution in [0.2, 0.25) is 0 Å². The van der Waals surface area contributed by atoms with E-state index in [2.05, 4.69) is 0 Å². The summed E-state index contributed by atoms with van der Waals surface area (Å²) < 4.78 is 0. The number of carbonyl (C=O) groups excluding carboxylic acids is 2. The lowest BCUT2D eigenvalue weighted by Crippen LogP contribution is -2.43. The molecule has 74 valence electrons. The number of aliphatic carboxylic acids is 1. The van der Waals surface area contributed by atoms with Gasteiger partial charge in [-0.1, -0.05) is 0 Å². The second-order valence-corrected chi connectivity index (χ2v) is 2.43. The van der Waals surface area contributed by atoms with E-state index in [1.807, 2.05) is 5.32 Å². The van der Waals surface area contributed by atoms with Crippen LogP contribution >= 0.6 is 0 Å². The summed E-state index contributed by atoms with van der Waals surface area (Å²) in [5, 5.41) is 18.9. The number of hydrogen-bond donors (Lipinski definition) is 3. The van der Waals surface area contributed by atoms with Crippen molar-refractivity contribution < 1.29 is 24.6 Å². The Morgan fingerprint density at radius 3 is 2.23 bits per heavy atom. The van der Waals surface area contributed by atoms with E-state index in [0.29, 0.717) is 0 Å². The fourth-order valence-electron chi connectivity index (χ4n) is 0.646. The van der Waals surface area contributed by atoms with E-state index in [1.54, 1.807) is 0 Å². The highest BCUT2D eigenvalue weighted by molar-refractivity contribution is 6.35. The van der Waals surface area contributed by atoms with Crippen molar-refractivity contribution in [1.82, 2.24) is 5.32 Å². The minimum absolute atomic E-state index is 0.117. The largest absolute Gasteiger partial charge is 0.480 e. The van der Waals surface area contributed by atoms with Gasteiger partial charge >= 0.3 is 5.97 Å². The van der Waals surface area contributed by atoms with Gasteiger partial charge < -0.3 is 15.5 Å². The molecule has 0 spiro atoms. The molecule has 1 atom stereocenters. The third-order valence-corrected chi connectivity index (χ3v) is 1.34. The number of amides is 1. The summed E-state index contributed by atoms with van der Waals surface area (Å²) in [5.74, 6) is -2.99. The lowest BCUT2D eigenvalue weighted by Gasteiger charge is -2.11. The number of hydrogen-bond acceptors (Lipinski definition) is 4. The van der Waals surface area contributed by atoms with Gasteiger partial charge in [0.1, 0.15) is 6.04 Å². The first-order chi connectivity index (χ1) is 5.99. The number of Topliss-reactive ketones (excluding diaryl/α,β-unsaturated/α-hetero) is 1. The molecular weight excluding hydrogens is 178 g/mol. The number of nitrogens with one attached hydrogen (secondary N) is 1. The SMILES string of the molecule is CC(=O)C(=O)N[C@@H](CCO)C(=O)O. The summed E-state index contributed by atoms with van der Waals surface area (Å²) in [7, 11) is 0. The third kappa shape index (κ3) is 4.22. The van der Waals surface area contributed by atoms with Crippen molar-refractivity contribution in [2.24, 2.45) is 0 Å². The van der Waals surface area contributed by atoms with E-state index in [0.717, 1.165) is 6.92 Å². The second kappa shape index (κ2) is 5.26. The normalized spacial score (nSPS) is 11.8. The van der Waals surface area contributed by atoms with Crippen molar-refractivity contribution in [2.75, 3.05) is 6.61 Å². The van der Waals surface area contributed by atoms with Crippen molar-refractivity contribution >= 4 is 17.7 Å². The summed E-state index contributed by atoms with van der Waals surface area (Å²) in [6.07, 6.45) is -0.117. The smallest absolute Gasteiger partial charge is 0.326 e. The zero-order valence-electron chi connectivity index (χ0n) is 7.11. The van der Waals surface area contributed by atoms with Gasteiger partial charge in [0, 0.05) is 20.0 Å². The molecule has 0 aromatic carbocycles. The molecule has 0 unspecified atom stereocenters. The van der Waals surface area contributed by atoms with Crippen molar-refractivity contribution in [1.29, 1.82) is 0 Å². The van der Waals surface area contributed by atoms with Gasteiger partial charge in [0.25, 0.3) is 5.91 Å². The van der Waals surface area contributed by atoms with Crippen LogP contribution < -0.4 is 5.32 Å². The minimum Gasteiger partial charge on any atom is -0.480 e. The molecule has 0 aromatic heterocycles. The molecule has 6 heteroatoms. The van der Waals surface area contributed by atoms with Crippen LogP contribution in [0.15, 0.2) is 0 Å². The summed E-state index contributed by atoms with van der Waals surface area (Å²) in [5.41, 5.74) is 0. The number of carboxylic acids is 1. The average Bonchev–Trinajstić information content (AvgIpc) is 2.03. The number of ketones is 1. The van der Waals surface area contributed by atoms with E-state index >= 15 is 0 Å². The number of aliphatic hydroxyl groups excluding tert-OH is 1. The van der Waals surface area contributed by atoms with Gasteiger partial charge in [-0.2, -0.15) is 0 Å². The van der Waals surface area contributed by atoms with E-state index in [1.165, 1.54) is 0 Å². The Morgan fingerprint density at radius 2 is 1.92 bits per heavy atom. The fourth-order valence-corrected chi connectivity index (χ4v) is 0.646. The maximum absolute atomic E-state index is 10.7. The Kier molecular flexibility index (Phi) is 4.68. The molecule has 0 bridgehead atoms. The first-order valence-electron chi connectivity index (χ1n) is 3.64. The molecule has 0 rings (SSSR count). The minimum atomic E-state index is -1.27. The molecule has 0 saturated carbocycles. The zero-order valence-corrected chi connectivity index (χ0v) is 7.11. The predicted octanol–water partition coefficient (Wildman–Crippen LogP) is -1.47. The van der Waals surface area contributed by atoms with Gasteiger partial charge in [-0.3, -0.25) is 9.59 Å². The molecule has 3 N–H and O–H groups in total. The lowest BCUT2D eigenvalue weighted by molar-refractivity contribution is -0.144. The van der Waals surface area contributed by atoms with Gasteiger partial charge in [0.2, 0.25) is 5.78 Å². The summed E-state index contributed by atoms with van der Waals surface area (Å²) >= 11 is 0. The second-order valence-electron chi connectivity index (χ2n) is 2.43. The molecular formula is C7H11NO5. The summed E-state index contributed by atoms with van der Waals surface area (Å²) in [6, 6.07) is -1.21. The molecule has 6 nitrogen and oxygen atoms in total. The van der Waals surface area contributed by atoms with Crippen LogP contribution in [0.25, 0.3) is 0 Å². The molecule has 0 aromatic rings. The van der Waals surface area contributed by atoms with Crippen LogP contribution in [0.5, 0.6) is 0 Å². The van der Waals surface area contributed by atoms with Crippen molar-refractivity contribution in [3.8, 4) is 0 Å². The quantitative estimate of drug-likeness (QED) is 0.458. The predicted molar refractivity (Wildman–Crippen MR) is 42.0 cm³/mol. The van der Waals surface area contributed by atoms with Crippen LogP contribution in [0.1, 0.15) is 13.3 Å². The molecule has 0 aliphatic heterocycles. The highest BCUT2D eigenvalue weighted by Gasteiger charge is 2.20. The average molecular weight is 189 g/mol. The first kappa shape index (κ1) is 11.6. The van der Waals surface area contributed by atoms with Gasteiger partial charge in [-0.15, -0.1) is 0 Å². The van der Waals surface area contributed by atoms with Gasteiger partial charge in [-0.25, -0.2) is 4.79 Å². The number of aliphatic hydroxyl groups is 1. The van der Waals surface area contributed by atoms with Crippen molar-refractivity contribution in [3.63, 3.8) is 0 Å². The molecule has 13 heavy (non-hydrogen) atoms. The van der Waals surface area contributed by atoms with Gasteiger partial charge in [-0.05, 0) is 0 Å². The van der Waals surface area contributed by atoms with Gasteiger partial charge in [0.05, 0.1) is 0 Å². The highest BCUT2D eigenvalue weighted by Crippen LogP contribution is 1.91. The Labute approximate surface area is 74.6 Å². The third-order valence-electron chi connectivity index (χ3n) is 1.34. The highest BCUT2D eigenvalue weighted by atomic mass is 16.4. The molecule has 0 aliphatic carbocycles. The Balaban J connectivity index is 4.17. The molecule has 0 aliphatic rings. The van der Waals surface area contributed by atoms with Crippen LogP contribution in [0.4, 0.5) is 0 Å². The fraction of sp³-hybridized carbons (Fsp3) is 0.571. The number of carboxylic acid groups (broad SMARTS) is 1. The Hall–Kier alpha value is -1.43. The van der Waals surface area contributed by atoms with E-state index in [-0.39, 0.29) is 13.0 Å². The van der Waals surface area contributed by atoms with E-state index < -0.39 is 23.7 Å².